The molecule has 5 heteroatoms. The van der Waals surface area contributed by atoms with Crippen molar-refractivity contribution in [2.75, 3.05) is 5.75 Å². The van der Waals surface area contributed by atoms with Gasteiger partial charge in [-0.15, -0.1) is 18.3 Å². The molecule has 134 valence electrons. The van der Waals surface area contributed by atoms with Crippen LogP contribution in [0.1, 0.15) is 17.5 Å². The quantitative estimate of drug-likeness (QED) is 0.485. The number of halogens is 3. The van der Waals surface area contributed by atoms with E-state index in [4.69, 9.17) is 0 Å². The zero-order chi connectivity index (χ0) is 18.3. The van der Waals surface area contributed by atoms with E-state index < -0.39 is 17.8 Å². The van der Waals surface area contributed by atoms with Crippen molar-refractivity contribution in [1.29, 1.82) is 0 Å². The number of rotatable bonds is 8. The van der Waals surface area contributed by atoms with Crippen molar-refractivity contribution in [2.24, 2.45) is 5.92 Å². The summed E-state index contributed by atoms with van der Waals surface area (Å²) in [6.07, 6.45) is -2.47. The number of hydrogen-bond acceptors (Lipinski definition) is 2. The molecule has 0 bridgehead atoms. The van der Waals surface area contributed by atoms with Crippen LogP contribution in [0.4, 0.5) is 13.2 Å². The molecule has 2 aromatic carbocycles. The molecule has 0 fully saturated rings. The van der Waals surface area contributed by atoms with E-state index in [1.54, 1.807) is 23.9 Å². The molecule has 0 spiro atoms. The molecule has 0 aliphatic rings. The summed E-state index contributed by atoms with van der Waals surface area (Å²) in [5.74, 6) is 0.563. The smallest absolute Gasteiger partial charge is 0.392 e. The van der Waals surface area contributed by atoms with E-state index >= 15 is 0 Å². The minimum absolute atomic E-state index is 0.115. The van der Waals surface area contributed by atoms with Crippen LogP contribution in [-0.4, -0.2) is 17.0 Å². The molecule has 0 heterocycles. The van der Waals surface area contributed by atoms with Crippen LogP contribution < -0.4 is 0 Å². The lowest BCUT2D eigenvalue weighted by molar-refractivity contribution is -0.137. The molecular weight excluding hydrogens is 345 g/mol. The van der Waals surface area contributed by atoms with Crippen molar-refractivity contribution in [2.45, 2.75) is 30.0 Å². The highest BCUT2D eigenvalue weighted by molar-refractivity contribution is 7.99. The molecular formula is C20H21F3OS. The molecule has 1 N–H and O–H groups in total. The van der Waals surface area contributed by atoms with Gasteiger partial charge in [-0.1, -0.05) is 42.5 Å². The van der Waals surface area contributed by atoms with E-state index in [2.05, 4.69) is 6.58 Å². The standard InChI is InChI=1S/C20H21F3OS/c1-2-16(14-25-18-9-4-3-5-10-18)19(24)12-11-15-7-6-8-17(13-15)20(21,22)23/h2-10,13,16,19,24H,1,11-12,14H2/t16-,19-/m0/s1. The molecule has 0 aromatic heterocycles. The Hall–Kier alpha value is -1.72. The molecule has 25 heavy (non-hydrogen) atoms. The highest BCUT2D eigenvalue weighted by Gasteiger charge is 2.30. The Labute approximate surface area is 150 Å². The van der Waals surface area contributed by atoms with Gasteiger partial charge in [0.25, 0.3) is 0 Å². The molecule has 0 saturated heterocycles. The molecule has 0 aliphatic carbocycles. The van der Waals surface area contributed by atoms with Crippen LogP contribution in [0.25, 0.3) is 0 Å². The van der Waals surface area contributed by atoms with Gasteiger partial charge >= 0.3 is 6.18 Å². The second-order valence-corrected chi connectivity index (χ2v) is 6.92. The zero-order valence-corrected chi connectivity index (χ0v) is 14.6. The third-order valence-electron chi connectivity index (χ3n) is 3.97. The fourth-order valence-corrected chi connectivity index (χ4v) is 3.57. The van der Waals surface area contributed by atoms with Gasteiger partial charge in [0.1, 0.15) is 0 Å². The maximum absolute atomic E-state index is 12.7. The molecule has 2 rings (SSSR count). The van der Waals surface area contributed by atoms with Gasteiger partial charge in [0.2, 0.25) is 0 Å². The summed E-state index contributed by atoms with van der Waals surface area (Å²) in [7, 11) is 0. The third-order valence-corrected chi connectivity index (χ3v) is 5.12. The molecule has 0 amide bonds. The van der Waals surface area contributed by atoms with Crippen LogP contribution >= 0.6 is 11.8 Å². The van der Waals surface area contributed by atoms with Gasteiger partial charge in [-0.2, -0.15) is 13.2 Å². The molecule has 0 saturated carbocycles. The van der Waals surface area contributed by atoms with Gasteiger partial charge in [-0.25, -0.2) is 0 Å². The lowest BCUT2D eigenvalue weighted by Crippen LogP contribution is -2.21. The van der Waals surface area contributed by atoms with Gasteiger partial charge in [0.05, 0.1) is 11.7 Å². The molecule has 0 radical (unpaired) electrons. The van der Waals surface area contributed by atoms with Crippen LogP contribution in [0.2, 0.25) is 0 Å². The summed E-state index contributed by atoms with van der Waals surface area (Å²) >= 11 is 1.63. The summed E-state index contributed by atoms with van der Waals surface area (Å²) in [5.41, 5.74) is -0.0770. The summed E-state index contributed by atoms with van der Waals surface area (Å²) in [4.78, 5) is 1.11. The monoisotopic (exact) mass is 366 g/mol. The second-order valence-electron chi connectivity index (χ2n) is 5.83. The van der Waals surface area contributed by atoms with Gasteiger partial charge < -0.3 is 5.11 Å². The average molecular weight is 366 g/mol. The van der Waals surface area contributed by atoms with Crippen LogP contribution in [0.3, 0.4) is 0 Å². The van der Waals surface area contributed by atoms with Crippen molar-refractivity contribution >= 4 is 11.8 Å². The molecule has 2 atom stereocenters. The minimum atomic E-state index is -4.34. The van der Waals surface area contributed by atoms with Crippen molar-refractivity contribution in [3.63, 3.8) is 0 Å². The number of aryl methyl sites for hydroxylation is 1. The summed E-state index contributed by atoms with van der Waals surface area (Å²) < 4.78 is 38.2. The van der Waals surface area contributed by atoms with Crippen LogP contribution in [0, 0.1) is 5.92 Å². The normalized spacial score (nSPS) is 14.1. The van der Waals surface area contributed by atoms with Gasteiger partial charge in [-0.3, -0.25) is 0 Å². The van der Waals surface area contributed by atoms with Crippen LogP contribution in [0.15, 0.2) is 72.1 Å². The molecule has 0 aliphatic heterocycles. The maximum Gasteiger partial charge on any atom is 0.416 e. The number of hydrogen-bond donors (Lipinski definition) is 1. The highest BCUT2D eigenvalue weighted by Crippen LogP contribution is 2.30. The number of aliphatic hydroxyl groups is 1. The van der Waals surface area contributed by atoms with Crippen LogP contribution in [-0.2, 0) is 12.6 Å². The van der Waals surface area contributed by atoms with E-state index in [0.29, 0.717) is 24.2 Å². The van der Waals surface area contributed by atoms with E-state index in [0.717, 1.165) is 17.0 Å². The second kappa shape index (κ2) is 9.11. The zero-order valence-electron chi connectivity index (χ0n) is 13.7. The molecule has 2 aromatic rings. The lowest BCUT2D eigenvalue weighted by Gasteiger charge is -2.19. The maximum atomic E-state index is 12.7. The average Bonchev–Trinajstić information content (AvgIpc) is 2.61. The topological polar surface area (TPSA) is 20.2 Å². The molecule has 1 nitrogen and oxygen atoms in total. The Balaban J connectivity index is 1.89. The first-order chi connectivity index (χ1) is 11.9. The third kappa shape index (κ3) is 6.25. The summed E-state index contributed by atoms with van der Waals surface area (Å²) in [5, 5.41) is 10.4. The number of thioether (sulfide) groups is 1. The van der Waals surface area contributed by atoms with E-state index in [1.165, 1.54) is 6.07 Å². The van der Waals surface area contributed by atoms with E-state index in [1.807, 2.05) is 30.3 Å². The molecule has 0 unspecified atom stereocenters. The number of alkyl halides is 3. The lowest BCUT2D eigenvalue weighted by atomic mass is 9.97. The highest BCUT2D eigenvalue weighted by atomic mass is 32.2. The number of benzene rings is 2. The predicted octanol–water partition coefficient (Wildman–Crippen LogP) is 5.59. The van der Waals surface area contributed by atoms with Gasteiger partial charge in [0.15, 0.2) is 0 Å². The van der Waals surface area contributed by atoms with Crippen molar-refractivity contribution in [3.05, 3.63) is 78.4 Å². The summed E-state index contributed by atoms with van der Waals surface area (Å²) in [6, 6.07) is 15.1. The van der Waals surface area contributed by atoms with E-state index in [9.17, 15) is 18.3 Å². The Morgan fingerprint density at radius 3 is 2.44 bits per heavy atom. The first-order valence-corrected chi connectivity index (χ1v) is 9.03. The Bertz CT molecular complexity index is 670. The van der Waals surface area contributed by atoms with Crippen molar-refractivity contribution < 1.29 is 18.3 Å². The fraction of sp³-hybridized carbons (Fsp3) is 0.300. The van der Waals surface area contributed by atoms with Crippen molar-refractivity contribution in [1.82, 2.24) is 0 Å². The first-order valence-electron chi connectivity index (χ1n) is 8.04. The van der Waals surface area contributed by atoms with Gasteiger partial charge in [-0.05, 0) is 36.6 Å². The SMILES string of the molecule is C=C[C@@H](CSc1ccccc1)[C@@H](O)CCc1cccc(C(F)(F)F)c1. The Kier molecular flexibility index (Phi) is 7.14. The number of aliphatic hydroxyl groups excluding tert-OH is 1. The fourth-order valence-electron chi connectivity index (χ4n) is 2.48. The minimum Gasteiger partial charge on any atom is -0.392 e. The predicted molar refractivity (Wildman–Crippen MR) is 96.6 cm³/mol. The Morgan fingerprint density at radius 2 is 1.80 bits per heavy atom. The Morgan fingerprint density at radius 1 is 1.08 bits per heavy atom. The van der Waals surface area contributed by atoms with Crippen molar-refractivity contribution in [3.8, 4) is 0 Å². The first kappa shape index (κ1) is 19.6. The van der Waals surface area contributed by atoms with Gasteiger partial charge in [0, 0.05) is 16.6 Å². The van der Waals surface area contributed by atoms with E-state index in [-0.39, 0.29) is 5.92 Å². The summed E-state index contributed by atoms with van der Waals surface area (Å²) in [6.45, 7) is 3.77. The largest absolute Gasteiger partial charge is 0.416 e. The van der Waals surface area contributed by atoms with Crippen LogP contribution in [0.5, 0.6) is 0 Å².